The first-order valence-corrected chi connectivity index (χ1v) is 33.7. The molecular weight excluding hydrogens is 1240 g/mol. The molecular formula is C89H53Br2N. The van der Waals surface area contributed by atoms with Crippen LogP contribution >= 0.6 is 31.9 Å². The van der Waals surface area contributed by atoms with E-state index in [4.69, 9.17) is 0 Å². The maximum Gasteiger partial charge on any atom is 0.0734 e. The number of benzene rings is 14. The van der Waals surface area contributed by atoms with Gasteiger partial charge in [0.1, 0.15) is 0 Å². The van der Waals surface area contributed by atoms with Crippen molar-refractivity contribution in [2.45, 2.75) is 28.1 Å². The summed E-state index contributed by atoms with van der Waals surface area (Å²) >= 11 is 8.02. The Morgan fingerprint density at radius 2 is 0.576 bits per heavy atom. The van der Waals surface area contributed by atoms with Crippen LogP contribution in [0.3, 0.4) is 0 Å². The number of halogens is 2. The monoisotopic (exact) mass is 1290 g/mol. The Balaban J connectivity index is 0.995. The Kier molecular flexibility index (Phi) is 10.3. The molecule has 3 heteroatoms. The van der Waals surface area contributed by atoms with Gasteiger partial charge >= 0.3 is 0 Å². The van der Waals surface area contributed by atoms with Crippen LogP contribution in [0.15, 0.2) is 312 Å². The maximum atomic E-state index is 4.19. The van der Waals surface area contributed by atoms with Gasteiger partial charge in [-0.25, -0.2) is 0 Å². The van der Waals surface area contributed by atoms with Gasteiger partial charge < -0.3 is 4.98 Å². The molecule has 1 heterocycles. The van der Waals surface area contributed by atoms with Crippen molar-refractivity contribution in [1.29, 1.82) is 0 Å². The summed E-state index contributed by atoms with van der Waals surface area (Å²) in [7, 11) is 0. The zero-order valence-corrected chi connectivity index (χ0v) is 53.0. The van der Waals surface area contributed by atoms with Crippen LogP contribution in [-0.4, -0.2) is 4.98 Å². The molecule has 0 saturated heterocycles. The zero-order valence-electron chi connectivity index (χ0n) is 49.8. The topological polar surface area (TPSA) is 15.8 Å². The van der Waals surface area contributed by atoms with Gasteiger partial charge in [0.2, 0.25) is 0 Å². The minimum absolute atomic E-state index is 0.753. The summed E-state index contributed by atoms with van der Waals surface area (Å²) < 4.78 is 2.12. The Morgan fingerprint density at radius 3 is 1.00 bits per heavy atom. The average Bonchev–Trinajstić information content (AvgIpc) is 1.46. The second-order valence-electron chi connectivity index (χ2n) is 26.3. The lowest BCUT2D eigenvalue weighted by molar-refractivity contribution is 0.722. The van der Waals surface area contributed by atoms with Gasteiger partial charge in [0.25, 0.3) is 0 Å². The van der Waals surface area contributed by atoms with Gasteiger partial charge in [0, 0.05) is 25.2 Å². The molecule has 4 spiro atoms. The largest absolute Gasteiger partial charge is 0.354 e. The number of H-pyrrole nitrogens is 1. The fraction of sp³-hybridized carbons (Fsp3) is 0.0562. The molecule has 0 unspecified atom stereocenters. The SMILES string of the molecule is Brc1ccc2c(c1)-c1cc3cc(c1C2)C1(c2ccc(cc2)C2(c4cc(c5[nH]c6ccc(Br)cc6c5c4)C4(c5ccc(cc5)C35c3ccccc3-c3ccccc35)c3ccccc3-c3ccccc34)c3ccccc3-c3ccccc32)c2ccccc2-c2ccccc21. The van der Waals surface area contributed by atoms with Crippen LogP contribution in [0.1, 0.15) is 100 Å². The standard InChI is InChI=1S/C89H53Br2N/c90-59-42-33-52-45-71-70(69(52)50-59)46-57-48-82(71)88(78-29-13-5-21-65(78)66-22-6-14-30-79(66)88)55-38-34-54(35-39-55)87(76-27-11-3-19-63(76)64-20-4-12-28-77(64)87)58-47-73-72-51-60(91)43-44-84(72)92-85(73)83(49-58)89(80-31-15-7-23-67(80)68-24-8-16-32-81(68)89)56-40-36-53(37-41-56)86(57)74-25-9-1-17-61(74)62-18-2-10-26-75(62)86/h1-44,46-51,92H,45H2. The molecule has 428 valence electrons. The zero-order chi connectivity index (χ0) is 60.4. The van der Waals surface area contributed by atoms with Crippen molar-refractivity contribution >= 4 is 53.7 Å². The summed E-state index contributed by atoms with van der Waals surface area (Å²) in [4.78, 5) is 4.19. The van der Waals surface area contributed by atoms with Crippen LogP contribution in [-0.2, 0) is 28.1 Å². The summed E-state index contributed by atoms with van der Waals surface area (Å²) in [6.45, 7) is 0. The first kappa shape index (κ1) is 51.6. The van der Waals surface area contributed by atoms with Crippen LogP contribution in [0.4, 0.5) is 0 Å². The van der Waals surface area contributed by atoms with E-state index in [0.717, 1.165) is 26.4 Å². The van der Waals surface area contributed by atoms with E-state index in [0.29, 0.717) is 0 Å². The van der Waals surface area contributed by atoms with Crippen molar-refractivity contribution in [1.82, 2.24) is 4.98 Å². The van der Waals surface area contributed by atoms with Crippen molar-refractivity contribution in [3.05, 3.63) is 412 Å². The lowest BCUT2D eigenvalue weighted by Gasteiger charge is -2.41. The molecule has 15 aromatic rings. The molecule has 92 heavy (non-hydrogen) atoms. The van der Waals surface area contributed by atoms with Gasteiger partial charge in [0.05, 0.1) is 27.2 Å². The van der Waals surface area contributed by atoms with Gasteiger partial charge in [-0.1, -0.05) is 293 Å². The highest BCUT2D eigenvalue weighted by Crippen LogP contribution is 2.66. The number of rotatable bonds is 0. The van der Waals surface area contributed by atoms with Crippen molar-refractivity contribution in [3.8, 4) is 55.6 Å². The normalized spacial score (nSPS) is 15.6. The third-order valence-corrected chi connectivity index (χ3v) is 23.6. The lowest BCUT2D eigenvalue weighted by Crippen LogP contribution is -2.34. The molecule has 1 aromatic heterocycles. The Hall–Kier alpha value is -10.2. The fourth-order valence-corrected chi connectivity index (χ4v) is 20.0. The smallest absolute Gasteiger partial charge is 0.0734 e. The first-order valence-electron chi connectivity index (χ1n) is 32.1. The molecule has 24 rings (SSSR count). The van der Waals surface area contributed by atoms with Crippen molar-refractivity contribution in [3.63, 3.8) is 0 Å². The average molecular weight is 1300 g/mol. The van der Waals surface area contributed by atoms with Crippen molar-refractivity contribution < 1.29 is 0 Å². The number of aromatic amines is 1. The van der Waals surface area contributed by atoms with Gasteiger partial charge in [-0.2, -0.15) is 0 Å². The molecule has 1 N–H and O–H groups in total. The summed E-state index contributed by atoms with van der Waals surface area (Å²) in [6.07, 6.45) is 0.809. The summed E-state index contributed by atoms with van der Waals surface area (Å²) in [5, 5.41) is 2.37. The third-order valence-electron chi connectivity index (χ3n) is 22.6. The molecule has 0 amide bonds. The highest BCUT2D eigenvalue weighted by atomic mass is 79.9. The first-order chi connectivity index (χ1) is 45.4. The molecule has 8 bridgehead atoms. The molecule has 9 aliphatic rings. The number of nitrogens with one attached hydrogen (secondary N) is 1. The predicted molar refractivity (Wildman–Crippen MR) is 382 cm³/mol. The van der Waals surface area contributed by atoms with Crippen LogP contribution in [0.2, 0.25) is 0 Å². The Labute approximate surface area is 550 Å². The number of fused-ring (bicyclic) bond motifs is 18. The highest BCUT2D eigenvalue weighted by Gasteiger charge is 2.55. The molecule has 0 radical (unpaired) electrons. The molecule has 1 nitrogen and oxygen atoms in total. The minimum atomic E-state index is -0.807. The molecule has 0 fully saturated rings. The maximum absolute atomic E-state index is 4.19. The highest BCUT2D eigenvalue weighted by molar-refractivity contribution is 9.10. The summed E-state index contributed by atoms with van der Waals surface area (Å²) in [5.74, 6) is 0. The van der Waals surface area contributed by atoms with E-state index in [-0.39, 0.29) is 0 Å². The van der Waals surface area contributed by atoms with Gasteiger partial charge in [-0.05, 0) is 205 Å². The minimum Gasteiger partial charge on any atom is -0.354 e. The van der Waals surface area contributed by atoms with Crippen LogP contribution in [0.5, 0.6) is 0 Å². The van der Waals surface area contributed by atoms with E-state index in [9.17, 15) is 0 Å². The number of hydrogen-bond donors (Lipinski definition) is 1. The van der Waals surface area contributed by atoms with Gasteiger partial charge in [0.15, 0.2) is 0 Å². The Morgan fingerprint density at radius 1 is 0.239 bits per heavy atom. The van der Waals surface area contributed by atoms with E-state index in [1.54, 1.807) is 0 Å². The van der Waals surface area contributed by atoms with Crippen LogP contribution in [0, 0.1) is 0 Å². The van der Waals surface area contributed by atoms with Gasteiger partial charge in [-0.3, -0.25) is 0 Å². The molecule has 14 aromatic carbocycles. The molecule has 0 saturated carbocycles. The van der Waals surface area contributed by atoms with Crippen molar-refractivity contribution in [2.75, 3.05) is 0 Å². The number of aromatic nitrogens is 1. The van der Waals surface area contributed by atoms with E-state index in [2.05, 4.69) is 340 Å². The molecule has 9 aliphatic carbocycles. The fourth-order valence-electron chi connectivity index (χ4n) is 19.3. The van der Waals surface area contributed by atoms with Crippen LogP contribution in [0.25, 0.3) is 77.4 Å². The van der Waals surface area contributed by atoms with Gasteiger partial charge in [-0.15, -0.1) is 0 Å². The second kappa shape index (κ2) is 18.3. The van der Waals surface area contributed by atoms with E-state index >= 15 is 0 Å². The quantitative estimate of drug-likeness (QED) is 0.156. The second-order valence-corrected chi connectivity index (χ2v) is 28.1. The van der Waals surface area contributed by atoms with Crippen LogP contribution < -0.4 is 0 Å². The summed E-state index contributed by atoms with van der Waals surface area (Å²) in [6, 6.07) is 119. The molecule has 0 aliphatic heterocycles. The third kappa shape index (κ3) is 6.16. The van der Waals surface area contributed by atoms with E-state index in [1.807, 2.05) is 0 Å². The predicted octanol–water partition coefficient (Wildman–Crippen LogP) is 22.2. The Bertz CT molecular complexity index is 5600. The molecule has 0 atom stereocenters. The van der Waals surface area contributed by atoms with E-state index < -0.39 is 21.7 Å². The van der Waals surface area contributed by atoms with Crippen molar-refractivity contribution in [2.24, 2.45) is 0 Å². The number of hydrogen-bond acceptors (Lipinski definition) is 0. The van der Waals surface area contributed by atoms with E-state index in [1.165, 1.54) is 167 Å². The summed E-state index contributed by atoms with van der Waals surface area (Å²) in [5.41, 5.74) is 34.8. The lowest BCUT2D eigenvalue weighted by atomic mass is 9.60.